The minimum Gasteiger partial charge on any atom is -0.324 e. The summed E-state index contributed by atoms with van der Waals surface area (Å²) in [7, 11) is -3.75. The van der Waals surface area contributed by atoms with Crippen LogP contribution in [0.5, 0.6) is 0 Å². The van der Waals surface area contributed by atoms with E-state index in [0.29, 0.717) is 6.42 Å². The van der Waals surface area contributed by atoms with Crippen molar-refractivity contribution in [2.24, 2.45) is 0 Å². The summed E-state index contributed by atoms with van der Waals surface area (Å²) in [6.07, 6.45) is 17.7. The van der Waals surface area contributed by atoms with Crippen LogP contribution in [0, 0.1) is 0 Å². The SMILES string of the molecule is CCCCCCCCCCCCCCCCP(=O)(O)O. The highest BCUT2D eigenvalue weighted by Gasteiger charge is 2.10. The van der Waals surface area contributed by atoms with Crippen LogP contribution < -0.4 is 0 Å². The first-order chi connectivity index (χ1) is 9.56. The molecular weight excluding hydrogens is 271 g/mol. The molecule has 0 saturated heterocycles. The van der Waals surface area contributed by atoms with Crippen molar-refractivity contribution in [2.45, 2.75) is 96.8 Å². The fourth-order valence-electron chi connectivity index (χ4n) is 2.51. The van der Waals surface area contributed by atoms with Crippen molar-refractivity contribution in [2.75, 3.05) is 6.16 Å². The quantitative estimate of drug-likeness (QED) is 0.304. The van der Waals surface area contributed by atoms with Gasteiger partial charge in [-0.15, -0.1) is 0 Å². The van der Waals surface area contributed by atoms with Crippen molar-refractivity contribution >= 4 is 7.60 Å². The van der Waals surface area contributed by atoms with Gasteiger partial charge in [-0.3, -0.25) is 4.57 Å². The molecule has 2 N–H and O–H groups in total. The zero-order valence-electron chi connectivity index (χ0n) is 13.4. The maximum absolute atomic E-state index is 10.6. The molecule has 0 aliphatic carbocycles. The Morgan fingerprint density at radius 3 is 1.20 bits per heavy atom. The summed E-state index contributed by atoms with van der Waals surface area (Å²) in [4.78, 5) is 17.4. The van der Waals surface area contributed by atoms with Crippen LogP contribution in [-0.2, 0) is 4.57 Å². The van der Waals surface area contributed by atoms with Crippen molar-refractivity contribution in [3.8, 4) is 0 Å². The lowest BCUT2D eigenvalue weighted by atomic mass is 10.0. The molecule has 0 spiro atoms. The summed E-state index contributed by atoms with van der Waals surface area (Å²) in [6, 6.07) is 0. The molecule has 0 aliphatic heterocycles. The maximum atomic E-state index is 10.6. The van der Waals surface area contributed by atoms with E-state index in [9.17, 15) is 4.57 Å². The van der Waals surface area contributed by atoms with E-state index in [1.807, 2.05) is 0 Å². The Balaban J connectivity index is 3.01. The average Bonchev–Trinajstić information content (AvgIpc) is 2.38. The van der Waals surface area contributed by atoms with Gasteiger partial charge in [-0.1, -0.05) is 90.4 Å². The fourth-order valence-corrected chi connectivity index (χ4v) is 3.15. The molecule has 0 radical (unpaired) electrons. The average molecular weight is 306 g/mol. The second-order valence-corrected chi connectivity index (χ2v) is 7.76. The van der Waals surface area contributed by atoms with Crippen molar-refractivity contribution in [3.63, 3.8) is 0 Å². The third kappa shape index (κ3) is 18.1. The highest BCUT2D eigenvalue weighted by atomic mass is 31.2. The van der Waals surface area contributed by atoms with E-state index in [1.165, 1.54) is 70.6 Å². The van der Waals surface area contributed by atoms with Gasteiger partial charge in [0.05, 0.1) is 0 Å². The highest BCUT2D eigenvalue weighted by molar-refractivity contribution is 7.51. The largest absolute Gasteiger partial charge is 0.325 e. The molecule has 0 aromatic heterocycles. The zero-order chi connectivity index (χ0) is 15.1. The van der Waals surface area contributed by atoms with Gasteiger partial charge in [0.1, 0.15) is 0 Å². The van der Waals surface area contributed by atoms with Crippen LogP contribution in [0.3, 0.4) is 0 Å². The maximum Gasteiger partial charge on any atom is 0.325 e. The zero-order valence-corrected chi connectivity index (χ0v) is 14.3. The highest BCUT2D eigenvalue weighted by Crippen LogP contribution is 2.35. The van der Waals surface area contributed by atoms with Crippen LogP contribution in [0.4, 0.5) is 0 Å². The summed E-state index contributed by atoms with van der Waals surface area (Å²) in [5.41, 5.74) is 0. The van der Waals surface area contributed by atoms with Gasteiger partial charge in [0.25, 0.3) is 0 Å². The van der Waals surface area contributed by atoms with Crippen LogP contribution in [0.1, 0.15) is 96.8 Å². The number of unbranched alkanes of at least 4 members (excludes halogenated alkanes) is 13. The molecule has 0 amide bonds. The number of hydrogen-bond acceptors (Lipinski definition) is 1. The van der Waals surface area contributed by atoms with Gasteiger partial charge >= 0.3 is 7.60 Å². The first-order valence-electron chi connectivity index (χ1n) is 8.61. The lowest BCUT2D eigenvalue weighted by molar-refractivity contribution is 0.370. The molecule has 0 heterocycles. The van der Waals surface area contributed by atoms with E-state index in [2.05, 4.69) is 6.92 Å². The van der Waals surface area contributed by atoms with Gasteiger partial charge in [0.15, 0.2) is 0 Å². The lowest BCUT2D eigenvalue weighted by Gasteiger charge is -2.04. The molecule has 0 rings (SSSR count). The second kappa shape index (κ2) is 14.1. The first-order valence-corrected chi connectivity index (χ1v) is 10.4. The minimum absolute atomic E-state index is 0.0605. The molecule has 0 aromatic carbocycles. The molecule has 0 atom stereocenters. The first kappa shape index (κ1) is 20.1. The molecule has 0 aliphatic rings. The Labute approximate surface area is 125 Å². The molecule has 0 unspecified atom stereocenters. The van der Waals surface area contributed by atoms with Gasteiger partial charge < -0.3 is 9.79 Å². The Morgan fingerprint density at radius 1 is 0.600 bits per heavy atom. The summed E-state index contributed by atoms with van der Waals surface area (Å²) >= 11 is 0. The van der Waals surface area contributed by atoms with Crippen molar-refractivity contribution in [3.05, 3.63) is 0 Å². The molecule has 0 aromatic rings. The van der Waals surface area contributed by atoms with Crippen molar-refractivity contribution in [1.82, 2.24) is 0 Å². The molecule has 3 nitrogen and oxygen atoms in total. The lowest BCUT2D eigenvalue weighted by Crippen LogP contribution is -1.88. The second-order valence-electron chi connectivity index (χ2n) is 5.98. The van der Waals surface area contributed by atoms with Crippen LogP contribution in [0.2, 0.25) is 0 Å². The molecule has 0 fully saturated rings. The molecule has 4 heteroatoms. The van der Waals surface area contributed by atoms with Crippen LogP contribution in [0.25, 0.3) is 0 Å². The van der Waals surface area contributed by atoms with Gasteiger partial charge in [0.2, 0.25) is 0 Å². The van der Waals surface area contributed by atoms with E-state index in [1.54, 1.807) is 0 Å². The summed E-state index contributed by atoms with van der Waals surface area (Å²) in [6.45, 7) is 2.26. The smallest absolute Gasteiger partial charge is 0.324 e. The Kier molecular flexibility index (Phi) is 14.2. The fraction of sp³-hybridized carbons (Fsp3) is 1.00. The van der Waals surface area contributed by atoms with Gasteiger partial charge in [-0.25, -0.2) is 0 Å². The topological polar surface area (TPSA) is 57.5 Å². The summed E-state index contributed by atoms with van der Waals surface area (Å²) in [5.74, 6) is 0. The Bertz CT molecular complexity index is 238. The number of hydrogen-bond donors (Lipinski definition) is 2. The predicted molar refractivity (Wildman–Crippen MR) is 87.2 cm³/mol. The minimum atomic E-state index is -3.75. The van der Waals surface area contributed by atoms with E-state index in [4.69, 9.17) is 9.79 Å². The van der Waals surface area contributed by atoms with E-state index in [-0.39, 0.29) is 6.16 Å². The van der Waals surface area contributed by atoms with E-state index >= 15 is 0 Å². The normalized spacial score (nSPS) is 11.9. The van der Waals surface area contributed by atoms with E-state index in [0.717, 1.165) is 12.8 Å². The standard InChI is InChI=1S/C16H35O3P/c1-2-3-4-5-6-7-8-9-10-11-12-13-14-15-16-20(17,18)19/h2-16H2,1H3,(H2,17,18,19). The van der Waals surface area contributed by atoms with Crippen LogP contribution >= 0.6 is 7.60 Å². The molecule has 0 bridgehead atoms. The third-order valence-corrected chi connectivity index (χ3v) is 4.70. The van der Waals surface area contributed by atoms with Gasteiger partial charge in [0, 0.05) is 6.16 Å². The number of rotatable bonds is 15. The Hall–Kier alpha value is 0.150. The van der Waals surface area contributed by atoms with Crippen LogP contribution in [0.15, 0.2) is 0 Å². The molecular formula is C16H35O3P. The van der Waals surface area contributed by atoms with Gasteiger partial charge in [-0.2, -0.15) is 0 Å². The summed E-state index contributed by atoms with van der Waals surface area (Å²) < 4.78 is 10.6. The molecule has 0 saturated carbocycles. The predicted octanol–water partition coefficient (Wildman–Crippen LogP) is 5.65. The van der Waals surface area contributed by atoms with E-state index < -0.39 is 7.60 Å². The third-order valence-electron chi connectivity index (χ3n) is 3.80. The van der Waals surface area contributed by atoms with Crippen molar-refractivity contribution in [1.29, 1.82) is 0 Å². The monoisotopic (exact) mass is 306 g/mol. The van der Waals surface area contributed by atoms with Crippen LogP contribution in [-0.4, -0.2) is 15.9 Å². The molecule has 20 heavy (non-hydrogen) atoms. The van der Waals surface area contributed by atoms with Gasteiger partial charge in [-0.05, 0) is 6.42 Å². The Morgan fingerprint density at radius 2 is 0.900 bits per heavy atom. The summed E-state index contributed by atoms with van der Waals surface area (Å²) in [5, 5.41) is 0. The molecule has 122 valence electrons. The van der Waals surface area contributed by atoms with Crippen molar-refractivity contribution < 1.29 is 14.4 Å².